The Morgan fingerprint density at radius 2 is 2.13 bits per heavy atom. The molecule has 0 radical (unpaired) electrons. The Hall–Kier alpha value is -3.26. The summed E-state index contributed by atoms with van der Waals surface area (Å²) in [6.45, 7) is 2.55. The average molecular weight is 436 g/mol. The number of thiocarbonyl (C=S) groups is 1. The maximum Gasteiger partial charge on any atom is 0.193 e. The van der Waals surface area contributed by atoms with E-state index in [1.54, 1.807) is 0 Å². The van der Waals surface area contributed by atoms with E-state index in [-0.39, 0.29) is 0 Å². The lowest BCUT2D eigenvalue weighted by Gasteiger charge is -2.26. The standard InChI is InChI=1S/C23H25N5O2S/c1-2-3-4-8-16-9-5-6-10-17(16)13-14-21(31)24-18-11-7-12-19-22(18)30-20(15-29-19)23-25-27-28-26-23/h5-7,9-14,20H,2-4,8,15H2,1H3,(H,24,31)(H,25,26,27,28). The van der Waals surface area contributed by atoms with Gasteiger partial charge in [-0.3, -0.25) is 0 Å². The molecule has 2 heterocycles. The average Bonchev–Trinajstić information content (AvgIpc) is 3.34. The number of unbranched alkanes of at least 4 members (excludes halogenated alkanes) is 2. The fourth-order valence-electron chi connectivity index (χ4n) is 3.46. The molecule has 0 saturated heterocycles. The molecule has 0 saturated carbocycles. The molecule has 4 rings (SSSR count). The number of fused-ring (bicyclic) bond motifs is 1. The lowest BCUT2D eigenvalue weighted by Crippen LogP contribution is -2.23. The molecule has 160 valence electrons. The number of aromatic nitrogens is 4. The van der Waals surface area contributed by atoms with Crippen molar-refractivity contribution in [1.82, 2.24) is 20.6 Å². The first-order valence-electron chi connectivity index (χ1n) is 10.5. The van der Waals surface area contributed by atoms with Crippen molar-refractivity contribution in [1.29, 1.82) is 0 Å². The van der Waals surface area contributed by atoms with Gasteiger partial charge in [-0.05, 0) is 52.6 Å². The Bertz CT molecular complexity index is 1050. The Morgan fingerprint density at radius 3 is 2.97 bits per heavy atom. The zero-order chi connectivity index (χ0) is 21.5. The molecule has 7 nitrogen and oxygen atoms in total. The molecular weight excluding hydrogens is 410 g/mol. The van der Waals surface area contributed by atoms with E-state index >= 15 is 0 Å². The topological polar surface area (TPSA) is 85.0 Å². The van der Waals surface area contributed by atoms with Gasteiger partial charge in [-0.1, -0.05) is 68.4 Å². The number of para-hydroxylation sites is 1. The fraction of sp³-hybridized carbons (Fsp3) is 0.304. The number of aryl methyl sites for hydroxylation is 1. The molecule has 1 unspecified atom stereocenters. The van der Waals surface area contributed by atoms with Gasteiger partial charge < -0.3 is 14.8 Å². The number of benzene rings is 2. The molecule has 31 heavy (non-hydrogen) atoms. The molecule has 0 bridgehead atoms. The minimum absolute atomic E-state index is 0.326. The third-order valence-corrected chi connectivity index (χ3v) is 5.31. The highest BCUT2D eigenvalue weighted by molar-refractivity contribution is 7.81. The summed E-state index contributed by atoms with van der Waals surface area (Å²) in [4.78, 5) is 0.587. The minimum Gasteiger partial charge on any atom is -0.485 e. The van der Waals surface area contributed by atoms with Crippen molar-refractivity contribution in [2.24, 2.45) is 0 Å². The highest BCUT2D eigenvalue weighted by Crippen LogP contribution is 2.41. The summed E-state index contributed by atoms with van der Waals surface area (Å²) in [7, 11) is 0. The quantitative estimate of drug-likeness (QED) is 0.296. The molecule has 2 aromatic carbocycles. The van der Waals surface area contributed by atoms with Crippen molar-refractivity contribution in [2.45, 2.75) is 38.7 Å². The van der Waals surface area contributed by atoms with Crippen LogP contribution >= 0.6 is 12.2 Å². The molecular formula is C23H25N5O2S. The monoisotopic (exact) mass is 435 g/mol. The minimum atomic E-state index is -0.412. The smallest absolute Gasteiger partial charge is 0.193 e. The van der Waals surface area contributed by atoms with Gasteiger partial charge in [0.25, 0.3) is 0 Å². The summed E-state index contributed by atoms with van der Waals surface area (Å²) in [6.07, 6.45) is 8.28. The second kappa shape index (κ2) is 10.2. The molecule has 8 heteroatoms. The van der Waals surface area contributed by atoms with E-state index in [1.165, 1.54) is 30.4 Å². The number of rotatable bonds is 8. The van der Waals surface area contributed by atoms with E-state index in [0.717, 1.165) is 12.1 Å². The molecule has 1 aliphatic rings. The van der Waals surface area contributed by atoms with E-state index in [0.29, 0.717) is 28.9 Å². The molecule has 0 aliphatic carbocycles. The molecule has 1 atom stereocenters. The number of ether oxygens (including phenoxy) is 2. The maximum atomic E-state index is 6.10. The first kappa shape index (κ1) is 21.0. The van der Waals surface area contributed by atoms with Crippen molar-refractivity contribution in [3.8, 4) is 11.5 Å². The SMILES string of the molecule is CCCCCc1ccccc1C=CC(=S)Nc1cccc2c1OC(c1nnn[nH]1)CO2. The van der Waals surface area contributed by atoms with Gasteiger partial charge in [0.2, 0.25) is 0 Å². The van der Waals surface area contributed by atoms with Crippen molar-refractivity contribution in [2.75, 3.05) is 11.9 Å². The van der Waals surface area contributed by atoms with Gasteiger partial charge in [0.15, 0.2) is 23.4 Å². The van der Waals surface area contributed by atoms with Crippen LogP contribution in [-0.4, -0.2) is 32.2 Å². The van der Waals surface area contributed by atoms with Crippen LogP contribution in [0.5, 0.6) is 11.5 Å². The van der Waals surface area contributed by atoms with Gasteiger partial charge in [0.05, 0.1) is 5.69 Å². The third kappa shape index (κ3) is 5.27. The molecule has 0 amide bonds. The Labute approximate surface area is 186 Å². The van der Waals surface area contributed by atoms with Gasteiger partial charge in [0, 0.05) is 0 Å². The number of anilines is 1. The van der Waals surface area contributed by atoms with Crippen LogP contribution < -0.4 is 14.8 Å². The highest BCUT2D eigenvalue weighted by Gasteiger charge is 2.27. The van der Waals surface area contributed by atoms with Gasteiger partial charge in [0.1, 0.15) is 11.6 Å². The highest BCUT2D eigenvalue weighted by atomic mass is 32.1. The first-order chi connectivity index (χ1) is 15.2. The summed E-state index contributed by atoms with van der Waals surface area (Å²) >= 11 is 5.57. The Morgan fingerprint density at radius 1 is 1.23 bits per heavy atom. The van der Waals surface area contributed by atoms with Crippen LogP contribution in [0.25, 0.3) is 6.08 Å². The van der Waals surface area contributed by atoms with Gasteiger partial charge in [-0.25, -0.2) is 5.10 Å². The maximum absolute atomic E-state index is 6.10. The number of H-pyrrole nitrogens is 1. The van der Waals surface area contributed by atoms with Gasteiger partial charge in [-0.15, -0.1) is 5.10 Å². The second-order valence-electron chi connectivity index (χ2n) is 7.32. The van der Waals surface area contributed by atoms with Gasteiger partial charge in [-0.2, -0.15) is 0 Å². The molecule has 2 N–H and O–H groups in total. The lowest BCUT2D eigenvalue weighted by molar-refractivity contribution is 0.0861. The van der Waals surface area contributed by atoms with Crippen molar-refractivity contribution < 1.29 is 9.47 Å². The number of hydrogen-bond donors (Lipinski definition) is 2. The zero-order valence-electron chi connectivity index (χ0n) is 17.4. The number of tetrazole rings is 1. The second-order valence-corrected chi connectivity index (χ2v) is 7.76. The van der Waals surface area contributed by atoms with E-state index in [2.05, 4.69) is 63.2 Å². The van der Waals surface area contributed by atoms with E-state index in [4.69, 9.17) is 21.7 Å². The molecule has 3 aromatic rings. The summed E-state index contributed by atoms with van der Waals surface area (Å²) in [6, 6.07) is 14.1. The van der Waals surface area contributed by atoms with Crippen molar-refractivity contribution in [3.05, 3.63) is 65.5 Å². The number of aromatic amines is 1. The van der Waals surface area contributed by atoms with E-state index in [1.807, 2.05) is 24.3 Å². The number of nitrogens with one attached hydrogen (secondary N) is 2. The summed E-state index contributed by atoms with van der Waals surface area (Å²) in [5, 5.41) is 17.1. The predicted octanol–water partition coefficient (Wildman–Crippen LogP) is 4.90. The summed E-state index contributed by atoms with van der Waals surface area (Å²) in [5.41, 5.74) is 3.27. The Kier molecular flexibility index (Phi) is 6.89. The Balaban J connectivity index is 1.46. The normalized spacial score (nSPS) is 15.2. The number of hydrogen-bond acceptors (Lipinski definition) is 6. The summed E-state index contributed by atoms with van der Waals surface area (Å²) < 4.78 is 11.9. The third-order valence-electron chi connectivity index (χ3n) is 5.07. The van der Waals surface area contributed by atoms with Crippen molar-refractivity contribution >= 4 is 29.0 Å². The lowest BCUT2D eigenvalue weighted by atomic mass is 10.0. The van der Waals surface area contributed by atoms with E-state index < -0.39 is 6.10 Å². The van der Waals surface area contributed by atoms with Crippen LogP contribution in [0, 0.1) is 0 Å². The number of nitrogens with zero attached hydrogens (tertiary/aromatic N) is 3. The van der Waals surface area contributed by atoms with Crippen molar-refractivity contribution in [3.63, 3.8) is 0 Å². The van der Waals surface area contributed by atoms with Crippen LogP contribution in [0.2, 0.25) is 0 Å². The van der Waals surface area contributed by atoms with Crippen LogP contribution in [0.3, 0.4) is 0 Å². The fourth-order valence-corrected chi connectivity index (χ4v) is 3.64. The van der Waals surface area contributed by atoms with Crippen LogP contribution in [0.1, 0.15) is 49.2 Å². The molecule has 1 aliphatic heterocycles. The molecule has 0 spiro atoms. The zero-order valence-corrected chi connectivity index (χ0v) is 18.2. The van der Waals surface area contributed by atoms with Gasteiger partial charge >= 0.3 is 0 Å². The first-order valence-corrected chi connectivity index (χ1v) is 10.9. The van der Waals surface area contributed by atoms with Crippen LogP contribution in [-0.2, 0) is 6.42 Å². The summed E-state index contributed by atoms with van der Waals surface area (Å²) in [5.74, 6) is 1.76. The largest absolute Gasteiger partial charge is 0.485 e. The molecule has 0 fully saturated rings. The van der Waals surface area contributed by atoms with E-state index in [9.17, 15) is 0 Å². The van der Waals surface area contributed by atoms with Crippen LogP contribution in [0.15, 0.2) is 48.5 Å². The molecule has 1 aromatic heterocycles. The van der Waals surface area contributed by atoms with Crippen LogP contribution in [0.4, 0.5) is 5.69 Å². The predicted molar refractivity (Wildman–Crippen MR) is 124 cm³/mol.